The van der Waals surface area contributed by atoms with Crippen molar-refractivity contribution in [2.75, 3.05) is 24.6 Å². The molecule has 0 aliphatic heterocycles. The monoisotopic (exact) mass is 398 g/mol. The van der Waals surface area contributed by atoms with Gasteiger partial charge in [0.1, 0.15) is 0 Å². The van der Waals surface area contributed by atoms with E-state index in [4.69, 9.17) is 0 Å². The van der Waals surface area contributed by atoms with Crippen molar-refractivity contribution in [2.45, 2.75) is 117 Å². The summed E-state index contributed by atoms with van der Waals surface area (Å²) in [5, 5.41) is 0. The first-order valence-electron chi connectivity index (χ1n) is 11.5. The molecule has 0 heterocycles. The van der Waals surface area contributed by atoms with Crippen LogP contribution in [0, 0.1) is 0 Å². The number of unbranched alkanes of at least 4 members (excludes halogenated alkanes) is 9. The molecule has 160 valence electrons. The number of alkyl halides is 3. The Morgan fingerprint density at radius 2 is 0.923 bits per heavy atom. The fourth-order valence-corrected chi connectivity index (χ4v) is 9.87. The maximum absolute atomic E-state index is 12.3. The molecule has 0 aromatic carbocycles. The van der Waals surface area contributed by atoms with Crippen LogP contribution in [0.15, 0.2) is 0 Å². The van der Waals surface area contributed by atoms with Gasteiger partial charge in [0.25, 0.3) is 0 Å². The molecule has 0 atom stereocenters. The summed E-state index contributed by atoms with van der Waals surface area (Å²) in [6, 6.07) is 0. The van der Waals surface area contributed by atoms with Crippen molar-refractivity contribution in [2.24, 2.45) is 0 Å². The number of hydrogen-bond acceptors (Lipinski definition) is 0. The summed E-state index contributed by atoms with van der Waals surface area (Å²) in [7, 11) is -1.21. The van der Waals surface area contributed by atoms with Crippen molar-refractivity contribution in [3.63, 3.8) is 0 Å². The van der Waals surface area contributed by atoms with Gasteiger partial charge < -0.3 is 0 Å². The van der Waals surface area contributed by atoms with E-state index in [9.17, 15) is 13.2 Å². The summed E-state index contributed by atoms with van der Waals surface area (Å²) in [5.41, 5.74) is 0. The van der Waals surface area contributed by atoms with E-state index in [1.165, 1.54) is 88.9 Å². The van der Waals surface area contributed by atoms with Crippen LogP contribution in [0.1, 0.15) is 111 Å². The Morgan fingerprint density at radius 3 is 1.31 bits per heavy atom. The molecule has 0 rings (SSSR count). The van der Waals surface area contributed by atoms with Crippen molar-refractivity contribution in [1.29, 1.82) is 0 Å². The molecule has 0 spiro atoms. The van der Waals surface area contributed by atoms with Gasteiger partial charge in [0.05, 0.1) is 0 Å². The summed E-state index contributed by atoms with van der Waals surface area (Å²) in [4.78, 5) is 0. The van der Waals surface area contributed by atoms with Gasteiger partial charge in [-0.15, -0.1) is 0 Å². The van der Waals surface area contributed by atoms with Gasteiger partial charge in [0.15, 0.2) is 0 Å². The molecule has 0 radical (unpaired) electrons. The Hall–Kier alpha value is 0.220. The summed E-state index contributed by atoms with van der Waals surface area (Å²) in [6.07, 6.45) is 16.5. The van der Waals surface area contributed by atoms with E-state index in [1.807, 2.05) is 0 Å². The Kier molecular flexibility index (Phi) is 16.3. The van der Waals surface area contributed by atoms with Crippen LogP contribution in [-0.4, -0.2) is 30.8 Å². The standard InChI is InChI=1S/C22H46F3P/c1-4-7-9-14-19-26(18-6-3,20-15-10-8-5-2)21-16-12-11-13-17-22(23,24)25/h26H,4-21H2,1-3H3. The molecule has 0 N–H and O–H groups in total. The third kappa shape index (κ3) is 15.3. The van der Waals surface area contributed by atoms with E-state index >= 15 is 0 Å². The van der Waals surface area contributed by atoms with Crippen molar-refractivity contribution in [3.05, 3.63) is 0 Å². The molecule has 4 heteroatoms. The molecule has 0 bridgehead atoms. The van der Waals surface area contributed by atoms with Crippen LogP contribution in [-0.2, 0) is 0 Å². The van der Waals surface area contributed by atoms with Crippen LogP contribution in [0.2, 0.25) is 0 Å². The average molecular weight is 399 g/mol. The predicted octanol–water partition coefficient (Wildman–Crippen LogP) is 8.82. The zero-order valence-electron chi connectivity index (χ0n) is 17.9. The number of rotatable bonds is 18. The van der Waals surface area contributed by atoms with Crippen LogP contribution in [0.25, 0.3) is 0 Å². The molecule has 0 amide bonds. The first-order valence-corrected chi connectivity index (χ1v) is 14.3. The van der Waals surface area contributed by atoms with E-state index in [0.29, 0.717) is 6.42 Å². The molecule has 0 saturated heterocycles. The van der Waals surface area contributed by atoms with Crippen LogP contribution in [0.5, 0.6) is 0 Å². The van der Waals surface area contributed by atoms with E-state index < -0.39 is 19.9 Å². The molecular weight excluding hydrogens is 352 g/mol. The second-order valence-electron chi connectivity index (χ2n) is 8.40. The van der Waals surface area contributed by atoms with Crippen molar-refractivity contribution < 1.29 is 13.2 Å². The van der Waals surface area contributed by atoms with Gasteiger partial charge in [0, 0.05) is 0 Å². The van der Waals surface area contributed by atoms with Gasteiger partial charge in [-0.3, -0.25) is 0 Å². The molecule has 0 nitrogen and oxygen atoms in total. The Bertz CT molecular complexity index is 290. The fraction of sp³-hybridized carbons (Fsp3) is 1.00. The van der Waals surface area contributed by atoms with Crippen LogP contribution in [0.4, 0.5) is 13.2 Å². The third-order valence-corrected chi connectivity index (χ3v) is 11.6. The quantitative estimate of drug-likeness (QED) is 0.160. The minimum atomic E-state index is -3.97. The summed E-state index contributed by atoms with van der Waals surface area (Å²) >= 11 is 0. The number of hydrogen-bond donors (Lipinski definition) is 0. The first kappa shape index (κ1) is 26.2. The van der Waals surface area contributed by atoms with E-state index in [1.54, 1.807) is 0 Å². The van der Waals surface area contributed by atoms with E-state index in [-0.39, 0.29) is 0 Å². The molecule has 26 heavy (non-hydrogen) atoms. The van der Waals surface area contributed by atoms with Gasteiger partial charge >= 0.3 is 162 Å². The van der Waals surface area contributed by atoms with Gasteiger partial charge in [-0.1, -0.05) is 0 Å². The van der Waals surface area contributed by atoms with Crippen molar-refractivity contribution in [1.82, 2.24) is 0 Å². The second-order valence-corrected chi connectivity index (χ2v) is 13.4. The molecule has 0 fully saturated rings. The second kappa shape index (κ2) is 16.2. The normalized spacial score (nSPS) is 13.3. The third-order valence-electron chi connectivity index (χ3n) is 5.82. The van der Waals surface area contributed by atoms with Gasteiger partial charge in [0.2, 0.25) is 0 Å². The Labute approximate surface area is 162 Å². The van der Waals surface area contributed by atoms with Crippen LogP contribution >= 0.6 is 7.26 Å². The van der Waals surface area contributed by atoms with Gasteiger partial charge in [-0.25, -0.2) is 0 Å². The van der Waals surface area contributed by atoms with Crippen molar-refractivity contribution >= 4 is 7.26 Å². The Balaban J connectivity index is 4.40. The molecule has 0 unspecified atom stereocenters. The SMILES string of the molecule is CCCCCC[PH](CCC)(CCCCCC)CCCCCCC(F)(F)F. The summed E-state index contributed by atoms with van der Waals surface area (Å²) < 4.78 is 36.8. The predicted molar refractivity (Wildman–Crippen MR) is 115 cm³/mol. The van der Waals surface area contributed by atoms with Gasteiger partial charge in [-0.2, -0.15) is 0 Å². The van der Waals surface area contributed by atoms with E-state index in [0.717, 1.165) is 12.8 Å². The molecule has 0 aliphatic carbocycles. The summed E-state index contributed by atoms with van der Waals surface area (Å²) in [5.74, 6) is 0. The van der Waals surface area contributed by atoms with E-state index in [2.05, 4.69) is 20.8 Å². The minimum absolute atomic E-state index is 0.318. The maximum atomic E-state index is 12.3. The fourth-order valence-electron chi connectivity index (χ4n) is 4.31. The van der Waals surface area contributed by atoms with Crippen LogP contribution < -0.4 is 0 Å². The van der Waals surface area contributed by atoms with Gasteiger partial charge in [-0.05, 0) is 0 Å². The molecule has 0 aromatic heterocycles. The number of halogens is 3. The topological polar surface area (TPSA) is 0 Å². The Morgan fingerprint density at radius 1 is 0.500 bits per heavy atom. The molecule has 0 saturated carbocycles. The van der Waals surface area contributed by atoms with Crippen molar-refractivity contribution in [3.8, 4) is 0 Å². The zero-order valence-corrected chi connectivity index (χ0v) is 18.9. The van der Waals surface area contributed by atoms with Crippen LogP contribution in [0.3, 0.4) is 0 Å². The molecule has 0 aromatic rings. The average Bonchev–Trinajstić information content (AvgIpc) is 2.58. The molecular formula is C22H46F3P. The zero-order chi connectivity index (χ0) is 19.7. The summed E-state index contributed by atoms with van der Waals surface area (Å²) in [6.45, 7) is 6.86. The first-order chi connectivity index (χ1) is 12.4. The molecule has 0 aliphatic rings.